The first-order valence-corrected chi connectivity index (χ1v) is 12.4. The van der Waals surface area contributed by atoms with Crippen LogP contribution in [0.5, 0.6) is 0 Å². The molecule has 0 aliphatic carbocycles. The van der Waals surface area contributed by atoms with Crippen LogP contribution in [0, 0.1) is 11.8 Å². The van der Waals surface area contributed by atoms with Crippen molar-refractivity contribution >= 4 is 29.2 Å². The van der Waals surface area contributed by atoms with Gasteiger partial charge in [-0.15, -0.1) is 0 Å². The standard InChI is InChI=1S/C27H39N3O5/c1-19(2)30(17-22-15-29(16-23(22)18-31)26(33)35-27(3,4)5)25(32)21-9-8-20-10-12-28(24(20)14-21)11-7-13-34-6/h8-10,12,14,18-19,22-23H,7,11,13,15-17H2,1-6H3/t22-,23-/m0/s1. The third-order valence-electron chi connectivity index (χ3n) is 6.40. The van der Waals surface area contributed by atoms with Gasteiger partial charge in [-0.2, -0.15) is 0 Å². The summed E-state index contributed by atoms with van der Waals surface area (Å²) in [6.45, 7) is 12.0. The normalized spacial score (nSPS) is 18.3. The minimum absolute atomic E-state index is 0.0606. The van der Waals surface area contributed by atoms with Gasteiger partial charge in [0.2, 0.25) is 0 Å². The van der Waals surface area contributed by atoms with Crippen molar-refractivity contribution in [2.75, 3.05) is 33.4 Å². The third kappa shape index (κ3) is 6.63. The molecule has 8 nitrogen and oxygen atoms in total. The number of carbonyl (C=O) groups is 3. The molecule has 1 aliphatic rings. The molecule has 0 bridgehead atoms. The van der Waals surface area contributed by atoms with E-state index in [0.717, 1.165) is 30.2 Å². The Balaban J connectivity index is 1.77. The Morgan fingerprint density at radius 3 is 2.57 bits per heavy atom. The maximum Gasteiger partial charge on any atom is 0.410 e. The fraction of sp³-hybridized carbons (Fsp3) is 0.593. The quantitative estimate of drug-likeness (QED) is 0.393. The summed E-state index contributed by atoms with van der Waals surface area (Å²) in [7, 11) is 1.69. The molecule has 2 amide bonds. The topological polar surface area (TPSA) is 81.1 Å². The van der Waals surface area contributed by atoms with Gasteiger partial charge >= 0.3 is 6.09 Å². The zero-order valence-corrected chi connectivity index (χ0v) is 21.8. The Hall–Kier alpha value is -2.87. The highest BCUT2D eigenvalue weighted by molar-refractivity contribution is 5.98. The van der Waals surface area contributed by atoms with Crippen LogP contribution in [0.3, 0.4) is 0 Å². The number of hydrogen-bond donors (Lipinski definition) is 0. The summed E-state index contributed by atoms with van der Waals surface area (Å²) in [6, 6.07) is 7.77. The second-order valence-electron chi connectivity index (χ2n) is 10.6. The second kappa shape index (κ2) is 11.2. The summed E-state index contributed by atoms with van der Waals surface area (Å²) >= 11 is 0. The Labute approximate surface area is 208 Å². The van der Waals surface area contributed by atoms with Gasteiger partial charge in [0.05, 0.1) is 0 Å². The van der Waals surface area contributed by atoms with Crippen LogP contribution in [0.4, 0.5) is 4.79 Å². The number of benzene rings is 1. The zero-order chi connectivity index (χ0) is 25.8. The van der Waals surface area contributed by atoms with Gasteiger partial charge in [0.1, 0.15) is 11.9 Å². The van der Waals surface area contributed by atoms with Gasteiger partial charge in [-0.05, 0) is 64.6 Å². The number of nitrogens with zero attached hydrogens (tertiary/aromatic N) is 3. The predicted molar refractivity (Wildman–Crippen MR) is 135 cm³/mol. The van der Waals surface area contributed by atoms with Crippen molar-refractivity contribution in [3.05, 3.63) is 36.0 Å². The molecule has 1 aliphatic heterocycles. The minimum atomic E-state index is -0.606. The van der Waals surface area contributed by atoms with Crippen LogP contribution in [-0.2, 0) is 20.8 Å². The lowest BCUT2D eigenvalue weighted by atomic mass is 9.96. The Morgan fingerprint density at radius 1 is 1.20 bits per heavy atom. The van der Waals surface area contributed by atoms with Crippen LogP contribution in [0.25, 0.3) is 10.9 Å². The van der Waals surface area contributed by atoms with Crippen LogP contribution in [0.1, 0.15) is 51.4 Å². The van der Waals surface area contributed by atoms with Crippen LogP contribution in [0.2, 0.25) is 0 Å². The van der Waals surface area contributed by atoms with Gasteiger partial charge in [-0.25, -0.2) is 4.79 Å². The van der Waals surface area contributed by atoms with Crippen molar-refractivity contribution in [3.8, 4) is 0 Å². The number of rotatable bonds is 9. The highest BCUT2D eigenvalue weighted by atomic mass is 16.6. The Kier molecular flexibility index (Phi) is 8.59. The van der Waals surface area contributed by atoms with E-state index in [-0.39, 0.29) is 23.8 Å². The number of carbonyl (C=O) groups excluding carboxylic acids is 3. The monoisotopic (exact) mass is 485 g/mol. The fourth-order valence-corrected chi connectivity index (χ4v) is 4.56. The van der Waals surface area contributed by atoms with Gasteiger partial charge in [0.25, 0.3) is 5.91 Å². The van der Waals surface area contributed by atoms with E-state index in [1.54, 1.807) is 16.9 Å². The highest BCUT2D eigenvalue weighted by Crippen LogP contribution is 2.27. The van der Waals surface area contributed by atoms with E-state index in [4.69, 9.17) is 9.47 Å². The van der Waals surface area contributed by atoms with Crippen molar-refractivity contribution < 1.29 is 23.9 Å². The van der Waals surface area contributed by atoms with Gasteiger partial charge in [-0.3, -0.25) is 4.79 Å². The molecule has 2 aromatic rings. The zero-order valence-electron chi connectivity index (χ0n) is 21.8. The van der Waals surface area contributed by atoms with Crippen molar-refractivity contribution in [1.82, 2.24) is 14.4 Å². The molecular formula is C27H39N3O5. The number of hydrogen-bond acceptors (Lipinski definition) is 5. The van der Waals surface area contributed by atoms with Crippen LogP contribution >= 0.6 is 0 Å². The smallest absolute Gasteiger partial charge is 0.410 e. The summed E-state index contributed by atoms with van der Waals surface area (Å²) in [6.07, 6.45) is 3.40. The van der Waals surface area contributed by atoms with Crippen LogP contribution in [-0.4, -0.2) is 77.6 Å². The molecule has 3 rings (SSSR count). The molecule has 0 spiro atoms. The summed E-state index contributed by atoms with van der Waals surface area (Å²) in [5, 5.41) is 1.08. The Bertz CT molecular complexity index is 1040. The van der Waals surface area contributed by atoms with Gasteiger partial charge in [-0.1, -0.05) is 6.07 Å². The molecule has 1 aromatic heterocycles. The van der Waals surface area contributed by atoms with Crippen molar-refractivity contribution in [2.45, 2.75) is 59.2 Å². The molecule has 1 aromatic carbocycles. The molecule has 8 heteroatoms. The van der Waals surface area contributed by atoms with Crippen molar-refractivity contribution in [3.63, 3.8) is 0 Å². The maximum atomic E-state index is 13.6. The Morgan fingerprint density at radius 2 is 1.94 bits per heavy atom. The second-order valence-corrected chi connectivity index (χ2v) is 10.6. The molecule has 2 atom stereocenters. The number of aromatic nitrogens is 1. The van der Waals surface area contributed by atoms with E-state index in [1.807, 2.05) is 59.0 Å². The summed E-state index contributed by atoms with van der Waals surface area (Å²) < 4.78 is 12.8. The van der Waals surface area contributed by atoms with E-state index in [9.17, 15) is 14.4 Å². The van der Waals surface area contributed by atoms with Gasteiger partial charge in [0, 0.05) is 75.1 Å². The lowest BCUT2D eigenvalue weighted by Crippen LogP contribution is -2.42. The molecule has 1 fully saturated rings. The van der Waals surface area contributed by atoms with Gasteiger partial charge < -0.3 is 28.6 Å². The molecule has 0 radical (unpaired) electrons. The predicted octanol–water partition coefficient (Wildman–Crippen LogP) is 4.21. The van der Waals surface area contributed by atoms with Crippen molar-refractivity contribution in [2.24, 2.45) is 11.8 Å². The molecule has 192 valence electrons. The minimum Gasteiger partial charge on any atom is -0.444 e. The summed E-state index contributed by atoms with van der Waals surface area (Å²) in [5.41, 5.74) is 1.02. The first-order chi connectivity index (χ1) is 16.5. The van der Waals surface area contributed by atoms with E-state index in [1.165, 1.54) is 0 Å². The number of aldehydes is 1. The molecule has 0 unspecified atom stereocenters. The summed E-state index contributed by atoms with van der Waals surface area (Å²) in [5.74, 6) is -0.558. The number of ether oxygens (including phenoxy) is 2. The van der Waals surface area contributed by atoms with Crippen LogP contribution < -0.4 is 0 Å². The number of fused-ring (bicyclic) bond motifs is 1. The van der Waals surface area contributed by atoms with E-state index in [0.29, 0.717) is 31.8 Å². The average molecular weight is 486 g/mol. The number of methoxy groups -OCH3 is 1. The molecule has 0 N–H and O–H groups in total. The fourth-order valence-electron chi connectivity index (χ4n) is 4.56. The highest BCUT2D eigenvalue weighted by Gasteiger charge is 2.39. The maximum absolute atomic E-state index is 13.6. The summed E-state index contributed by atoms with van der Waals surface area (Å²) in [4.78, 5) is 41.4. The lowest BCUT2D eigenvalue weighted by molar-refractivity contribution is -0.111. The van der Waals surface area contributed by atoms with Crippen molar-refractivity contribution in [1.29, 1.82) is 0 Å². The number of likely N-dealkylation sites (tertiary alicyclic amines) is 1. The molecule has 2 heterocycles. The molecule has 35 heavy (non-hydrogen) atoms. The first-order valence-electron chi connectivity index (χ1n) is 12.4. The number of aryl methyl sites for hydroxylation is 1. The SMILES string of the molecule is COCCCn1ccc2ccc(C(=O)N(C[C@@H]3CN(C(=O)OC(C)(C)C)C[C@H]3C=O)C(C)C)cc21. The third-order valence-corrected chi connectivity index (χ3v) is 6.40. The van der Waals surface area contributed by atoms with E-state index in [2.05, 4.69) is 10.6 Å². The van der Waals surface area contributed by atoms with Crippen LogP contribution in [0.15, 0.2) is 30.5 Å². The average Bonchev–Trinajstić information content (AvgIpc) is 3.39. The van der Waals surface area contributed by atoms with Gasteiger partial charge in [0.15, 0.2) is 0 Å². The largest absolute Gasteiger partial charge is 0.444 e. The number of amides is 2. The first kappa shape index (κ1) is 26.7. The van der Waals surface area contributed by atoms with E-state index >= 15 is 0 Å². The lowest BCUT2D eigenvalue weighted by Gasteiger charge is -2.30. The molecule has 0 saturated carbocycles. The molecule has 1 saturated heterocycles. The van der Waals surface area contributed by atoms with E-state index < -0.39 is 11.7 Å². The molecular weight excluding hydrogens is 446 g/mol.